The maximum absolute atomic E-state index is 13.3. The van der Waals surface area contributed by atoms with Crippen LogP contribution < -0.4 is 5.32 Å². The lowest BCUT2D eigenvalue weighted by Gasteiger charge is -2.36. The molecule has 1 aliphatic heterocycles. The number of H-pyrrole nitrogens is 1. The number of aromatic amines is 1. The van der Waals surface area contributed by atoms with E-state index in [1.807, 2.05) is 30.0 Å². The Morgan fingerprint density at radius 3 is 2.84 bits per heavy atom. The summed E-state index contributed by atoms with van der Waals surface area (Å²) in [6.07, 6.45) is 4.00. The quantitative estimate of drug-likeness (QED) is 0.896. The number of hydrogen-bond donors (Lipinski definition) is 2. The average Bonchev–Trinajstić information content (AvgIpc) is 2.89. The SMILES string of the molecule is CC(=O)NCC[C@@H]1CCCCN1C(=O)c1cccc2[nH]c(C)c(C)c12. The third-order valence-electron chi connectivity index (χ3n) is 5.29. The molecule has 1 atom stereocenters. The highest BCUT2D eigenvalue weighted by Crippen LogP contribution is 2.28. The number of piperidine rings is 1. The Bertz CT molecular complexity index is 794. The van der Waals surface area contributed by atoms with Crippen molar-refractivity contribution in [2.45, 2.75) is 52.5 Å². The summed E-state index contributed by atoms with van der Waals surface area (Å²) in [5.74, 6) is 0.0945. The van der Waals surface area contributed by atoms with Crippen LogP contribution in [-0.2, 0) is 4.79 Å². The minimum absolute atomic E-state index is 0.0168. The fraction of sp³-hybridized carbons (Fsp3) is 0.500. The molecule has 134 valence electrons. The highest BCUT2D eigenvalue weighted by Gasteiger charge is 2.28. The van der Waals surface area contributed by atoms with Crippen LogP contribution in [0.5, 0.6) is 0 Å². The van der Waals surface area contributed by atoms with Crippen molar-refractivity contribution in [3.05, 3.63) is 35.0 Å². The number of hydrogen-bond acceptors (Lipinski definition) is 2. The number of amides is 2. The van der Waals surface area contributed by atoms with Crippen LogP contribution in [0.15, 0.2) is 18.2 Å². The molecule has 2 aromatic rings. The number of nitrogens with one attached hydrogen (secondary N) is 2. The van der Waals surface area contributed by atoms with Crippen LogP contribution in [0.4, 0.5) is 0 Å². The normalized spacial score (nSPS) is 17.7. The molecule has 3 rings (SSSR count). The van der Waals surface area contributed by atoms with Gasteiger partial charge in [0.1, 0.15) is 0 Å². The average molecular weight is 341 g/mol. The molecule has 0 radical (unpaired) electrons. The summed E-state index contributed by atoms with van der Waals surface area (Å²) in [6.45, 7) is 7.05. The molecule has 2 heterocycles. The van der Waals surface area contributed by atoms with E-state index in [9.17, 15) is 9.59 Å². The summed E-state index contributed by atoms with van der Waals surface area (Å²) >= 11 is 0. The van der Waals surface area contributed by atoms with Crippen molar-refractivity contribution < 1.29 is 9.59 Å². The Labute approximate surface area is 148 Å². The van der Waals surface area contributed by atoms with Crippen LogP contribution in [0.2, 0.25) is 0 Å². The van der Waals surface area contributed by atoms with E-state index in [2.05, 4.69) is 17.2 Å². The monoisotopic (exact) mass is 341 g/mol. The zero-order chi connectivity index (χ0) is 18.0. The summed E-state index contributed by atoms with van der Waals surface area (Å²) < 4.78 is 0. The summed E-state index contributed by atoms with van der Waals surface area (Å²) in [5, 5.41) is 3.89. The standard InChI is InChI=1S/C20H27N3O2/c1-13-14(2)22-18-9-6-8-17(19(13)18)20(25)23-12-5-4-7-16(23)10-11-21-15(3)24/h6,8-9,16,22H,4-5,7,10-12H2,1-3H3,(H,21,24)/t16-/m0/s1. The van der Waals surface area contributed by atoms with Gasteiger partial charge in [-0.2, -0.15) is 0 Å². The van der Waals surface area contributed by atoms with Crippen LogP contribution >= 0.6 is 0 Å². The van der Waals surface area contributed by atoms with Crippen LogP contribution in [0, 0.1) is 13.8 Å². The van der Waals surface area contributed by atoms with Gasteiger partial charge in [-0.05, 0) is 57.2 Å². The number of likely N-dealkylation sites (tertiary alicyclic amines) is 1. The van der Waals surface area contributed by atoms with Crippen molar-refractivity contribution in [2.75, 3.05) is 13.1 Å². The van der Waals surface area contributed by atoms with Gasteiger partial charge in [0.05, 0.1) is 0 Å². The molecule has 0 bridgehead atoms. The number of carbonyl (C=O) groups is 2. The molecule has 5 heteroatoms. The summed E-state index contributed by atoms with van der Waals surface area (Å²) in [4.78, 5) is 29.8. The topological polar surface area (TPSA) is 65.2 Å². The van der Waals surface area contributed by atoms with Gasteiger partial charge in [-0.1, -0.05) is 6.07 Å². The van der Waals surface area contributed by atoms with Gasteiger partial charge >= 0.3 is 0 Å². The van der Waals surface area contributed by atoms with Crippen molar-refractivity contribution in [2.24, 2.45) is 0 Å². The van der Waals surface area contributed by atoms with Crippen molar-refractivity contribution in [1.82, 2.24) is 15.2 Å². The first-order valence-electron chi connectivity index (χ1n) is 9.12. The number of aromatic nitrogens is 1. The third kappa shape index (κ3) is 3.55. The Morgan fingerprint density at radius 2 is 2.08 bits per heavy atom. The number of carbonyl (C=O) groups excluding carboxylic acids is 2. The maximum Gasteiger partial charge on any atom is 0.254 e. The van der Waals surface area contributed by atoms with Crippen molar-refractivity contribution in [1.29, 1.82) is 0 Å². The van der Waals surface area contributed by atoms with Crippen LogP contribution in [0.1, 0.15) is 54.2 Å². The highest BCUT2D eigenvalue weighted by molar-refractivity contribution is 6.08. The minimum Gasteiger partial charge on any atom is -0.358 e. The van der Waals surface area contributed by atoms with Gasteiger partial charge in [0, 0.05) is 48.2 Å². The van der Waals surface area contributed by atoms with E-state index >= 15 is 0 Å². The first-order valence-corrected chi connectivity index (χ1v) is 9.12. The molecule has 1 fully saturated rings. The predicted molar refractivity (Wildman–Crippen MR) is 99.7 cm³/mol. The Balaban J connectivity index is 1.86. The molecule has 1 aliphatic rings. The van der Waals surface area contributed by atoms with Crippen molar-refractivity contribution >= 4 is 22.7 Å². The lowest BCUT2D eigenvalue weighted by molar-refractivity contribution is -0.119. The second-order valence-corrected chi connectivity index (χ2v) is 7.02. The van der Waals surface area contributed by atoms with Crippen molar-refractivity contribution in [3.8, 4) is 0 Å². The first-order chi connectivity index (χ1) is 12.0. The molecule has 1 aromatic heterocycles. The van der Waals surface area contributed by atoms with Crippen molar-refractivity contribution in [3.63, 3.8) is 0 Å². The zero-order valence-corrected chi connectivity index (χ0v) is 15.3. The fourth-order valence-corrected chi connectivity index (χ4v) is 3.86. The second-order valence-electron chi connectivity index (χ2n) is 7.02. The van der Waals surface area contributed by atoms with Gasteiger partial charge in [-0.25, -0.2) is 0 Å². The van der Waals surface area contributed by atoms with E-state index in [0.717, 1.165) is 60.0 Å². The summed E-state index contributed by atoms with van der Waals surface area (Å²) in [5.41, 5.74) is 4.06. The number of aryl methyl sites for hydroxylation is 2. The maximum atomic E-state index is 13.3. The molecule has 1 aromatic carbocycles. The third-order valence-corrected chi connectivity index (χ3v) is 5.29. The van der Waals surface area contributed by atoms with E-state index < -0.39 is 0 Å². The molecule has 0 spiro atoms. The van der Waals surface area contributed by atoms with Crippen LogP contribution in [-0.4, -0.2) is 40.8 Å². The Hall–Kier alpha value is -2.30. The highest BCUT2D eigenvalue weighted by atomic mass is 16.2. The van der Waals surface area contributed by atoms with Gasteiger partial charge < -0.3 is 15.2 Å². The molecular formula is C20H27N3O2. The largest absolute Gasteiger partial charge is 0.358 e. The summed E-state index contributed by atoms with van der Waals surface area (Å²) in [6, 6.07) is 6.10. The molecule has 2 amide bonds. The number of rotatable bonds is 4. The molecule has 1 saturated heterocycles. The van der Waals surface area contributed by atoms with Crippen LogP contribution in [0.25, 0.3) is 10.9 Å². The van der Waals surface area contributed by atoms with Gasteiger partial charge in [-0.15, -0.1) is 0 Å². The second kappa shape index (κ2) is 7.30. The summed E-state index contributed by atoms with van der Waals surface area (Å²) in [7, 11) is 0. The number of nitrogens with zero attached hydrogens (tertiary/aromatic N) is 1. The number of fused-ring (bicyclic) bond motifs is 1. The fourth-order valence-electron chi connectivity index (χ4n) is 3.86. The molecule has 2 N–H and O–H groups in total. The van der Waals surface area contributed by atoms with E-state index in [1.165, 1.54) is 6.92 Å². The van der Waals surface area contributed by atoms with Gasteiger partial charge in [-0.3, -0.25) is 9.59 Å². The van der Waals surface area contributed by atoms with Gasteiger partial charge in [0.15, 0.2) is 0 Å². The lowest BCUT2D eigenvalue weighted by Crippen LogP contribution is -2.45. The van der Waals surface area contributed by atoms with E-state index in [0.29, 0.717) is 6.54 Å². The van der Waals surface area contributed by atoms with E-state index in [-0.39, 0.29) is 17.9 Å². The van der Waals surface area contributed by atoms with E-state index in [4.69, 9.17) is 0 Å². The smallest absolute Gasteiger partial charge is 0.254 e. The minimum atomic E-state index is -0.0168. The molecule has 25 heavy (non-hydrogen) atoms. The van der Waals surface area contributed by atoms with Gasteiger partial charge in [0.2, 0.25) is 5.91 Å². The lowest BCUT2D eigenvalue weighted by atomic mass is 9.96. The molecule has 5 nitrogen and oxygen atoms in total. The van der Waals surface area contributed by atoms with Crippen LogP contribution in [0.3, 0.4) is 0 Å². The van der Waals surface area contributed by atoms with E-state index in [1.54, 1.807) is 0 Å². The predicted octanol–water partition coefficient (Wildman–Crippen LogP) is 3.31. The molecule has 0 unspecified atom stereocenters. The molecular weight excluding hydrogens is 314 g/mol. The molecule has 0 saturated carbocycles. The zero-order valence-electron chi connectivity index (χ0n) is 15.3. The Kier molecular flexibility index (Phi) is 5.11. The number of benzene rings is 1. The van der Waals surface area contributed by atoms with Gasteiger partial charge in [0.25, 0.3) is 5.91 Å². The Morgan fingerprint density at radius 1 is 1.28 bits per heavy atom. The molecule has 0 aliphatic carbocycles. The first kappa shape index (κ1) is 17.5.